The third-order valence-electron chi connectivity index (χ3n) is 5.06. The lowest BCUT2D eigenvalue weighted by molar-refractivity contribution is 0.0949. The zero-order valence-corrected chi connectivity index (χ0v) is 19.4. The summed E-state index contributed by atoms with van der Waals surface area (Å²) in [5, 5.41) is 6.34. The van der Waals surface area contributed by atoms with Gasteiger partial charge in [-0.25, -0.2) is 15.0 Å². The van der Waals surface area contributed by atoms with Crippen molar-refractivity contribution in [2.24, 2.45) is 0 Å². The Kier molecular flexibility index (Phi) is 5.97. The summed E-state index contributed by atoms with van der Waals surface area (Å²) in [6, 6.07) is 11.8. The highest BCUT2D eigenvalue weighted by Gasteiger charge is 2.30. The fourth-order valence-corrected chi connectivity index (χ4v) is 5.51. The number of thiazole rings is 1. The number of carbonyl (C=O) groups excluding carboxylic acids is 2. The summed E-state index contributed by atoms with van der Waals surface area (Å²) < 4.78 is 18.0. The van der Waals surface area contributed by atoms with Gasteiger partial charge in [0.2, 0.25) is 0 Å². The minimum Gasteiger partial charge on any atom is -0.606 e. The summed E-state index contributed by atoms with van der Waals surface area (Å²) in [6.45, 7) is 0.272. The maximum Gasteiger partial charge on any atom is 0.316 e. The second-order valence-corrected chi connectivity index (χ2v) is 9.74. The second kappa shape index (κ2) is 9.21. The standard InChI is InChI=1S/C23H17N5O4S2/c1-32-23-26-9-14(10-27-23)22-25-12-15(33-22)11-24-20(29)13-6-7-19-17(8-13)28-21(30)16-4-2-3-5-18(16)34(19)31/h2-10,12H,11H2,1H3,(H,24,29)(H,28,30). The van der Waals surface area contributed by atoms with Crippen molar-refractivity contribution >= 4 is 40.0 Å². The first-order valence-corrected chi connectivity index (χ1v) is 12.1. The van der Waals surface area contributed by atoms with Crippen molar-refractivity contribution in [1.29, 1.82) is 0 Å². The number of rotatable bonds is 5. The van der Waals surface area contributed by atoms with E-state index in [1.54, 1.807) is 61.1 Å². The summed E-state index contributed by atoms with van der Waals surface area (Å²) in [5.41, 5.74) is 1.80. The monoisotopic (exact) mass is 491 g/mol. The smallest absolute Gasteiger partial charge is 0.316 e. The lowest BCUT2D eigenvalue weighted by atomic mass is 10.1. The highest BCUT2D eigenvalue weighted by atomic mass is 32.2. The van der Waals surface area contributed by atoms with Crippen molar-refractivity contribution in [3.8, 4) is 16.6 Å². The van der Waals surface area contributed by atoms with Gasteiger partial charge in [-0.3, -0.25) is 9.59 Å². The van der Waals surface area contributed by atoms with E-state index in [4.69, 9.17) is 4.74 Å². The van der Waals surface area contributed by atoms with Crippen LogP contribution in [-0.2, 0) is 17.7 Å². The molecule has 0 saturated heterocycles. The quantitative estimate of drug-likeness (QED) is 0.410. The molecule has 11 heteroatoms. The van der Waals surface area contributed by atoms with E-state index in [1.165, 1.54) is 18.4 Å². The number of nitrogens with zero attached hydrogens (tertiary/aromatic N) is 3. The molecule has 0 saturated carbocycles. The normalized spacial score (nSPS) is 14.4. The number of fused-ring (bicyclic) bond motifs is 2. The zero-order valence-electron chi connectivity index (χ0n) is 17.8. The number of carbonyl (C=O) groups is 2. The maximum absolute atomic E-state index is 13.0. The average Bonchev–Trinajstić information content (AvgIpc) is 3.32. The maximum atomic E-state index is 13.0. The lowest BCUT2D eigenvalue weighted by Crippen LogP contribution is -2.22. The van der Waals surface area contributed by atoms with E-state index in [-0.39, 0.29) is 24.4 Å². The van der Waals surface area contributed by atoms with Crippen LogP contribution in [0.25, 0.3) is 10.6 Å². The number of benzene rings is 2. The van der Waals surface area contributed by atoms with E-state index >= 15 is 0 Å². The van der Waals surface area contributed by atoms with Gasteiger partial charge < -0.3 is 19.9 Å². The fraction of sp³-hybridized carbons (Fsp3) is 0.0870. The summed E-state index contributed by atoms with van der Waals surface area (Å²) in [7, 11) is 1.50. The van der Waals surface area contributed by atoms with Crippen LogP contribution in [0.2, 0.25) is 0 Å². The van der Waals surface area contributed by atoms with E-state index in [0.717, 1.165) is 15.4 Å². The van der Waals surface area contributed by atoms with Crippen LogP contribution in [0.15, 0.2) is 70.8 Å². The number of nitrogens with one attached hydrogen (secondary N) is 2. The summed E-state index contributed by atoms with van der Waals surface area (Å²) in [4.78, 5) is 39.6. The van der Waals surface area contributed by atoms with E-state index in [2.05, 4.69) is 25.6 Å². The van der Waals surface area contributed by atoms with Crippen molar-refractivity contribution in [1.82, 2.24) is 20.3 Å². The van der Waals surface area contributed by atoms with Gasteiger partial charge in [-0.2, -0.15) is 0 Å². The Labute approximate surface area is 201 Å². The number of hydrogen-bond acceptors (Lipinski definition) is 8. The third kappa shape index (κ3) is 4.23. The van der Waals surface area contributed by atoms with Gasteiger partial charge in [0.15, 0.2) is 9.79 Å². The molecule has 0 radical (unpaired) electrons. The lowest BCUT2D eigenvalue weighted by Gasteiger charge is -2.12. The highest BCUT2D eigenvalue weighted by Crippen LogP contribution is 2.34. The summed E-state index contributed by atoms with van der Waals surface area (Å²) >= 11 is -0.129. The molecule has 9 nitrogen and oxygen atoms in total. The Balaban J connectivity index is 1.30. The van der Waals surface area contributed by atoms with Crippen molar-refractivity contribution < 1.29 is 18.9 Å². The Bertz CT molecular complexity index is 1390. The van der Waals surface area contributed by atoms with Gasteiger partial charge in [0.1, 0.15) is 5.01 Å². The predicted octanol–water partition coefficient (Wildman–Crippen LogP) is 3.27. The molecule has 1 unspecified atom stereocenters. The molecule has 2 amide bonds. The first-order valence-electron chi connectivity index (χ1n) is 10.1. The molecule has 2 N–H and O–H groups in total. The van der Waals surface area contributed by atoms with Gasteiger partial charge >= 0.3 is 6.01 Å². The number of ether oxygens (including phenoxy) is 1. The molecule has 5 rings (SSSR count). The molecule has 4 aromatic rings. The van der Waals surface area contributed by atoms with E-state index < -0.39 is 11.2 Å². The van der Waals surface area contributed by atoms with Gasteiger partial charge in [-0.05, 0) is 30.3 Å². The van der Waals surface area contributed by atoms with Crippen molar-refractivity contribution in [2.45, 2.75) is 16.3 Å². The van der Waals surface area contributed by atoms with Gasteiger partial charge in [0.05, 0.1) is 24.9 Å². The molecule has 0 fully saturated rings. The molecule has 0 aliphatic carbocycles. The number of methoxy groups -OCH3 is 1. The van der Waals surface area contributed by atoms with Crippen LogP contribution >= 0.6 is 11.3 Å². The van der Waals surface area contributed by atoms with E-state index in [9.17, 15) is 14.1 Å². The van der Waals surface area contributed by atoms with E-state index in [0.29, 0.717) is 26.6 Å². The topological polar surface area (TPSA) is 129 Å². The molecule has 1 atom stereocenters. The molecule has 170 valence electrons. The Hall–Kier alpha value is -3.80. The fourth-order valence-electron chi connectivity index (χ4n) is 3.38. The van der Waals surface area contributed by atoms with Crippen LogP contribution in [-0.4, -0.2) is 38.4 Å². The van der Waals surface area contributed by atoms with Gasteiger partial charge in [0, 0.05) is 45.8 Å². The van der Waals surface area contributed by atoms with E-state index in [1.807, 2.05) is 0 Å². The van der Waals surface area contributed by atoms with Crippen LogP contribution in [0.3, 0.4) is 0 Å². The van der Waals surface area contributed by atoms with Crippen molar-refractivity contribution in [2.75, 3.05) is 12.4 Å². The molecule has 2 aromatic heterocycles. The first-order chi connectivity index (χ1) is 16.5. The minimum atomic E-state index is -1.54. The number of hydrogen-bond donors (Lipinski definition) is 2. The molecule has 0 spiro atoms. The molecule has 1 aliphatic rings. The first kappa shape index (κ1) is 22.0. The minimum absolute atomic E-state index is 0.272. The average molecular weight is 492 g/mol. The third-order valence-corrected chi connectivity index (χ3v) is 7.61. The second-order valence-electron chi connectivity index (χ2n) is 7.20. The summed E-state index contributed by atoms with van der Waals surface area (Å²) in [5.74, 6) is -0.688. The van der Waals surface area contributed by atoms with Crippen molar-refractivity contribution in [3.05, 3.63) is 77.1 Å². The molecule has 34 heavy (non-hydrogen) atoms. The van der Waals surface area contributed by atoms with Crippen LogP contribution in [0, 0.1) is 0 Å². The molecule has 0 bridgehead atoms. The van der Waals surface area contributed by atoms with Crippen LogP contribution in [0.1, 0.15) is 25.6 Å². The van der Waals surface area contributed by atoms with Crippen molar-refractivity contribution in [3.63, 3.8) is 0 Å². The molecule has 1 aliphatic heterocycles. The highest BCUT2D eigenvalue weighted by molar-refractivity contribution is 7.91. The van der Waals surface area contributed by atoms with Crippen LogP contribution in [0.5, 0.6) is 6.01 Å². The summed E-state index contributed by atoms with van der Waals surface area (Å²) in [6.07, 6.45) is 4.93. The number of amides is 2. The van der Waals surface area contributed by atoms with Crippen LogP contribution in [0.4, 0.5) is 5.69 Å². The van der Waals surface area contributed by atoms with Gasteiger partial charge in [0.25, 0.3) is 11.8 Å². The zero-order chi connectivity index (χ0) is 23.7. The molecule has 3 heterocycles. The Morgan fingerprint density at radius 1 is 1.12 bits per heavy atom. The Morgan fingerprint density at radius 2 is 1.91 bits per heavy atom. The SMILES string of the molecule is COc1ncc(-c2ncc(CNC(=O)c3ccc4c(c3)NC(=O)c3ccccc3[S+]4[O-])s2)cn1. The number of anilines is 1. The predicted molar refractivity (Wildman–Crippen MR) is 126 cm³/mol. The molecule has 2 aromatic carbocycles. The van der Waals surface area contributed by atoms with Gasteiger partial charge in [-0.1, -0.05) is 12.1 Å². The van der Waals surface area contributed by atoms with Crippen LogP contribution < -0.4 is 15.4 Å². The van der Waals surface area contributed by atoms with Gasteiger partial charge in [-0.15, -0.1) is 11.3 Å². The largest absolute Gasteiger partial charge is 0.606 e. The molecular formula is C23H17N5O4S2. The molecular weight excluding hydrogens is 474 g/mol. The Morgan fingerprint density at radius 3 is 2.71 bits per heavy atom. The number of aromatic nitrogens is 3.